The fraction of sp³-hybridized carbons (Fsp3) is 0.333. The van der Waals surface area contributed by atoms with Gasteiger partial charge in [-0.25, -0.2) is 0 Å². The minimum absolute atomic E-state index is 0.0167. The average Bonchev–Trinajstić information content (AvgIpc) is 2.66. The van der Waals surface area contributed by atoms with E-state index in [-0.39, 0.29) is 29.2 Å². The zero-order valence-electron chi connectivity index (χ0n) is 16.4. The van der Waals surface area contributed by atoms with Gasteiger partial charge in [-0.2, -0.15) is 31.6 Å². The topological polar surface area (TPSA) is 53.3 Å². The third kappa shape index (κ3) is 4.63. The highest BCUT2D eigenvalue weighted by Crippen LogP contribution is 2.40. The first kappa shape index (κ1) is 23.7. The van der Waals surface area contributed by atoms with Crippen molar-refractivity contribution in [3.8, 4) is 11.8 Å². The molecular formula is C21H15ClF6N2O2. The molecule has 2 aromatic rings. The van der Waals surface area contributed by atoms with Gasteiger partial charge in [0.1, 0.15) is 17.4 Å². The molecule has 0 aliphatic carbocycles. The minimum Gasteiger partial charge on any atom is -0.480 e. The fourth-order valence-corrected chi connectivity index (χ4v) is 3.59. The van der Waals surface area contributed by atoms with Crippen LogP contribution in [0.4, 0.5) is 26.3 Å². The Morgan fingerprint density at radius 3 is 2.34 bits per heavy atom. The summed E-state index contributed by atoms with van der Waals surface area (Å²) in [6.07, 6.45) is -11.6. The number of alkyl halides is 6. The SMILES string of the molecule is CC(Oc1ccc(C#N)c(Cl)c1C(=O)N1CC(c2ccccc2C(F)(F)F)C1)C(F)(F)F. The van der Waals surface area contributed by atoms with Gasteiger partial charge in [-0.1, -0.05) is 29.8 Å². The fourth-order valence-electron chi connectivity index (χ4n) is 3.31. The molecule has 32 heavy (non-hydrogen) atoms. The maximum atomic E-state index is 13.3. The van der Waals surface area contributed by atoms with Gasteiger partial charge in [0, 0.05) is 19.0 Å². The van der Waals surface area contributed by atoms with Gasteiger partial charge in [0.15, 0.2) is 6.10 Å². The molecule has 1 atom stereocenters. The lowest BCUT2D eigenvalue weighted by atomic mass is 9.87. The number of hydrogen-bond donors (Lipinski definition) is 0. The Bertz CT molecular complexity index is 1070. The van der Waals surface area contributed by atoms with Gasteiger partial charge in [0.25, 0.3) is 5.91 Å². The van der Waals surface area contributed by atoms with E-state index in [4.69, 9.17) is 21.6 Å². The van der Waals surface area contributed by atoms with Crippen molar-refractivity contribution in [3.05, 3.63) is 63.7 Å². The summed E-state index contributed by atoms with van der Waals surface area (Å²) < 4.78 is 83.4. The third-order valence-electron chi connectivity index (χ3n) is 5.08. The van der Waals surface area contributed by atoms with Crippen molar-refractivity contribution >= 4 is 17.5 Å². The number of hydrogen-bond acceptors (Lipinski definition) is 3. The number of amides is 1. The Kier molecular flexibility index (Phi) is 6.33. The lowest BCUT2D eigenvalue weighted by Gasteiger charge is -2.41. The average molecular weight is 477 g/mol. The Hall–Kier alpha value is -2.93. The van der Waals surface area contributed by atoms with Crippen LogP contribution in [0.2, 0.25) is 5.02 Å². The highest BCUT2D eigenvalue weighted by atomic mass is 35.5. The van der Waals surface area contributed by atoms with E-state index in [1.54, 1.807) is 6.07 Å². The molecule has 1 saturated heterocycles. The molecule has 0 radical (unpaired) electrons. The summed E-state index contributed by atoms with van der Waals surface area (Å²) in [6.45, 7) is 0.536. The second-order valence-corrected chi connectivity index (χ2v) is 7.58. The van der Waals surface area contributed by atoms with Gasteiger partial charge in [-0.15, -0.1) is 0 Å². The van der Waals surface area contributed by atoms with Crippen LogP contribution in [-0.4, -0.2) is 36.2 Å². The summed E-state index contributed by atoms with van der Waals surface area (Å²) >= 11 is 6.09. The molecule has 4 nitrogen and oxygen atoms in total. The number of benzene rings is 2. The summed E-state index contributed by atoms with van der Waals surface area (Å²) in [4.78, 5) is 14.1. The largest absolute Gasteiger partial charge is 0.480 e. The molecule has 2 aromatic carbocycles. The Labute approximate surface area is 183 Å². The molecule has 1 aliphatic rings. The van der Waals surface area contributed by atoms with Gasteiger partial charge in [0.05, 0.1) is 16.1 Å². The maximum Gasteiger partial charge on any atom is 0.425 e. The summed E-state index contributed by atoms with van der Waals surface area (Å²) in [5, 5.41) is 8.76. The molecule has 0 bridgehead atoms. The molecule has 1 fully saturated rings. The van der Waals surface area contributed by atoms with Crippen molar-refractivity contribution in [1.29, 1.82) is 5.26 Å². The van der Waals surface area contributed by atoms with Crippen molar-refractivity contribution in [2.24, 2.45) is 0 Å². The van der Waals surface area contributed by atoms with E-state index in [0.29, 0.717) is 0 Å². The van der Waals surface area contributed by atoms with E-state index < -0.39 is 47.2 Å². The van der Waals surface area contributed by atoms with Crippen LogP contribution in [0.1, 0.15) is 39.9 Å². The smallest absolute Gasteiger partial charge is 0.425 e. The molecule has 170 valence electrons. The summed E-state index contributed by atoms with van der Waals surface area (Å²) in [7, 11) is 0. The predicted molar refractivity (Wildman–Crippen MR) is 102 cm³/mol. The van der Waals surface area contributed by atoms with Crippen molar-refractivity contribution in [1.82, 2.24) is 4.90 Å². The number of nitriles is 1. The molecule has 1 heterocycles. The number of nitrogens with zero attached hydrogens (tertiary/aromatic N) is 2. The van der Waals surface area contributed by atoms with Gasteiger partial charge in [-0.3, -0.25) is 4.79 Å². The lowest BCUT2D eigenvalue weighted by Crippen LogP contribution is -2.49. The van der Waals surface area contributed by atoms with E-state index in [9.17, 15) is 31.1 Å². The Morgan fingerprint density at radius 1 is 1.16 bits per heavy atom. The number of rotatable bonds is 4. The molecule has 0 aromatic heterocycles. The van der Waals surface area contributed by atoms with Crippen LogP contribution in [0.3, 0.4) is 0 Å². The maximum absolute atomic E-state index is 13.3. The van der Waals surface area contributed by atoms with Crippen LogP contribution in [0.25, 0.3) is 0 Å². The number of carbonyl (C=O) groups excluding carboxylic acids is 1. The summed E-state index contributed by atoms with van der Waals surface area (Å²) in [6, 6.07) is 8.86. The van der Waals surface area contributed by atoms with E-state index in [1.165, 1.54) is 18.2 Å². The van der Waals surface area contributed by atoms with Crippen LogP contribution in [0, 0.1) is 11.3 Å². The normalized spacial score (nSPS) is 15.7. The molecule has 0 spiro atoms. The quantitative estimate of drug-likeness (QED) is 0.524. The van der Waals surface area contributed by atoms with Crippen molar-refractivity contribution in [2.45, 2.75) is 31.3 Å². The van der Waals surface area contributed by atoms with Crippen LogP contribution in [0.15, 0.2) is 36.4 Å². The molecule has 3 rings (SSSR count). The molecule has 1 aliphatic heterocycles. The zero-order chi connectivity index (χ0) is 23.8. The van der Waals surface area contributed by atoms with Crippen molar-refractivity contribution in [3.63, 3.8) is 0 Å². The second kappa shape index (κ2) is 8.54. The standard InChI is InChI=1S/C21H15ClF6N2O2/c1-11(20(23,24)25)32-16-7-6-12(8-29)18(22)17(16)19(31)30-9-13(10-30)14-4-2-3-5-15(14)21(26,27)28/h2-7,11,13H,9-10H2,1H3. The number of ether oxygens (including phenoxy) is 1. The number of likely N-dealkylation sites (tertiary alicyclic amines) is 1. The Balaban J connectivity index is 1.88. The highest BCUT2D eigenvalue weighted by molar-refractivity contribution is 6.35. The number of halogens is 7. The zero-order valence-corrected chi connectivity index (χ0v) is 17.1. The first-order valence-electron chi connectivity index (χ1n) is 9.26. The monoisotopic (exact) mass is 476 g/mol. The molecule has 11 heteroatoms. The van der Waals surface area contributed by atoms with E-state index in [2.05, 4.69) is 0 Å². The second-order valence-electron chi connectivity index (χ2n) is 7.21. The molecule has 0 N–H and O–H groups in total. The van der Waals surface area contributed by atoms with Crippen LogP contribution in [0.5, 0.6) is 5.75 Å². The van der Waals surface area contributed by atoms with Gasteiger partial charge >= 0.3 is 12.4 Å². The molecule has 0 saturated carbocycles. The van der Waals surface area contributed by atoms with E-state index >= 15 is 0 Å². The van der Waals surface area contributed by atoms with Crippen LogP contribution >= 0.6 is 11.6 Å². The lowest BCUT2D eigenvalue weighted by molar-refractivity contribution is -0.189. The molecule has 1 amide bonds. The van der Waals surface area contributed by atoms with Crippen LogP contribution < -0.4 is 4.74 Å². The third-order valence-corrected chi connectivity index (χ3v) is 5.47. The number of carbonyl (C=O) groups is 1. The summed E-state index contributed by atoms with van der Waals surface area (Å²) in [5.41, 5.74) is -1.39. The minimum atomic E-state index is -4.72. The van der Waals surface area contributed by atoms with E-state index in [1.807, 2.05) is 0 Å². The van der Waals surface area contributed by atoms with Gasteiger partial charge < -0.3 is 9.64 Å². The van der Waals surface area contributed by atoms with Crippen LogP contribution in [-0.2, 0) is 6.18 Å². The Morgan fingerprint density at radius 2 is 1.78 bits per heavy atom. The predicted octanol–water partition coefficient (Wildman–Crippen LogP) is 5.80. The molecular weight excluding hydrogens is 462 g/mol. The highest BCUT2D eigenvalue weighted by Gasteiger charge is 2.42. The van der Waals surface area contributed by atoms with Crippen molar-refractivity contribution < 1.29 is 35.9 Å². The molecule has 1 unspecified atom stereocenters. The van der Waals surface area contributed by atoms with Gasteiger partial charge in [0.2, 0.25) is 0 Å². The van der Waals surface area contributed by atoms with Crippen molar-refractivity contribution in [2.75, 3.05) is 13.1 Å². The van der Waals surface area contributed by atoms with E-state index in [0.717, 1.165) is 30.0 Å². The first-order chi connectivity index (χ1) is 14.8. The first-order valence-corrected chi connectivity index (χ1v) is 9.63. The summed E-state index contributed by atoms with van der Waals surface area (Å²) in [5.74, 6) is -1.92. The van der Waals surface area contributed by atoms with Gasteiger partial charge in [-0.05, 0) is 30.7 Å².